The number of fused-ring (bicyclic) bond motifs is 2. The number of hydrogen-bond acceptors (Lipinski definition) is 8. The lowest BCUT2D eigenvalue weighted by molar-refractivity contribution is 0.313. The van der Waals surface area contributed by atoms with Gasteiger partial charge in [-0.25, -0.2) is 24.9 Å². The molecule has 6 rings (SSSR count). The molecule has 0 aliphatic carbocycles. The average Bonchev–Trinajstić information content (AvgIpc) is 3.43. The minimum absolute atomic E-state index is 0.643. The summed E-state index contributed by atoms with van der Waals surface area (Å²) in [6.07, 6.45) is 6.82. The van der Waals surface area contributed by atoms with E-state index in [1.807, 2.05) is 24.4 Å². The van der Waals surface area contributed by atoms with Crippen LogP contribution < -0.4 is 4.90 Å². The lowest BCUT2D eigenvalue weighted by Crippen LogP contribution is -2.44. The molecule has 0 bridgehead atoms. The lowest BCUT2D eigenvalue weighted by atomic mass is 10.2. The van der Waals surface area contributed by atoms with Crippen molar-refractivity contribution in [2.45, 2.75) is 0 Å². The highest BCUT2D eigenvalue weighted by molar-refractivity contribution is 5.93. The molecule has 1 aliphatic heterocycles. The van der Waals surface area contributed by atoms with Gasteiger partial charge in [-0.1, -0.05) is 0 Å². The topological polar surface area (TPSA) is 115 Å². The smallest absolute Gasteiger partial charge is 0.162 e. The third-order valence-corrected chi connectivity index (χ3v) is 5.70. The van der Waals surface area contributed by atoms with E-state index < -0.39 is 0 Å². The fourth-order valence-electron chi connectivity index (χ4n) is 3.97. The summed E-state index contributed by atoms with van der Waals surface area (Å²) >= 11 is 0. The van der Waals surface area contributed by atoms with Crippen LogP contribution in [0.5, 0.6) is 0 Å². The van der Waals surface area contributed by atoms with Gasteiger partial charge < -0.3 is 14.8 Å². The molecule has 0 amide bonds. The summed E-state index contributed by atoms with van der Waals surface area (Å²) in [6, 6.07) is 5.92. The van der Waals surface area contributed by atoms with Crippen LogP contribution in [0.25, 0.3) is 45.0 Å². The Labute approximate surface area is 177 Å². The maximum Gasteiger partial charge on any atom is 0.162 e. The molecule has 0 atom stereocenters. The van der Waals surface area contributed by atoms with Gasteiger partial charge in [0, 0.05) is 50.3 Å². The first-order valence-electron chi connectivity index (χ1n) is 10.2. The van der Waals surface area contributed by atoms with Crippen molar-refractivity contribution in [3.8, 4) is 22.8 Å². The zero-order valence-corrected chi connectivity index (χ0v) is 16.9. The number of H-pyrrole nitrogens is 2. The Morgan fingerprint density at radius 1 is 0.935 bits per heavy atom. The third-order valence-electron chi connectivity index (χ3n) is 5.70. The Kier molecular flexibility index (Phi) is 4.10. The van der Waals surface area contributed by atoms with Crippen molar-refractivity contribution in [2.75, 3.05) is 38.1 Å². The number of imidazole rings is 1. The maximum absolute atomic E-state index is 4.88. The zero-order valence-electron chi connectivity index (χ0n) is 16.9. The number of rotatable bonds is 3. The molecule has 0 saturated carbocycles. The van der Waals surface area contributed by atoms with E-state index in [9.17, 15) is 0 Å². The number of nitrogens with one attached hydrogen (secondary N) is 2. The Hall–Kier alpha value is -3.92. The summed E-state index contributed by atoms with van der Waals surface area (Å²) < 4.78 is 0. The van der Waals surface area contributed by atoms with Crippen molar-refractivity contribution in [1.29, 1.82) is 0 Å². The minimum Gasteiger partial charge on any atom is -0.367 e. The summed E-state index contributed by atoms with van der Waals surface area (Å²) in [4.78, 5) is 30.4. The molecule has 5 aromatic heterocycles. The first-order chi connectivity index (χ1) is 15.3. The monoisotopic (exact) mass is 412 g/mol. The van der Waals surface area contributed by atoms with E-state index in [0.717, 1.165) is 65.3 Å². The maximum atomic E-state index is 4.88. The lowest BCUT2D eigenvalue weighted by Gasteiger charge is -2.33. The van der Waals surface area contributed by atoms with Gasteiger partial charge in [-0.3, -0.25) is 5.10 Å². The number of anilines is 1. The number of aromatic amines is 2. The van der Waals surface area contributed by atoms with Crippen molar-refractivity contribution in [2.24, 2.45) is 0 Å². The molecule has 0 unspecified atom stereocenters. The first kappa shape index (κ1) is 17.9. The van der Waals surface area contributed by atoms with Crippen LogP contribution in [0.3, 0.4) is 0 Å². The second-order valence-corrected chi connectivity index (χ2v) is 7.70. The number of piperazine rings is 1. The van der Waals surface area contributed by atoms with Crippen molar-refractivity contribution in [3.63, 3.8) is 0 Å². The van der Waals surface area contributed by atoms with Gasteiger partial charge in [-0.15, -0.1) is 0 Å². The fraction of sp³-hybridized carbons (Fsp3) is 0.238. The predicted molar refractivity (Wildman–Crippen MR) is 118 cm³/mol. The van der Waals surface area contributed by atoms with E-state index in [1.165, 1.54) is 6.33 Å². The van der Waals surface area contributed by atoms with Crippen molar-refractivity contribution < 1.29 is 0 Å². The molecule has 0 spiro atoms. The summed E-state index contributed by atoms with van der Waals surface area (Å²) in [7, 11) is 2.15. The Bertz CT molecular complexity index is 1370. The van der Waals surface area contributed by atoms with E-state index in [2.05, 4.69) is 47.0 Å². The molecule has 0 radical (unpaired) electrons. The molecular weight excluding hydrogens is 392 g/mol. The molecule has 1 saturated heterocycles. The van der Waals surface area contributed by atoms with Gasteiger partial charge in [0.25, 0.3) is 0 Å². The van der Waals surface area contributed by atoms with Crippen molar-refractivity contribution in [3.05, 3.63) is 43.1 Å². The standard InChI is InChI=1S/C21H20N10/c1-30-6-8-31(9-7-30)16-4-5-24-20-18(16)26-21(27-20)19-17-15(28-29-19)3-2-14(25-17)13-10-22-12-23-11-13/h2-5,10-12H,6-9H2,1H3,(H,28,29)(H,24,26,27). The summed E-state index contributed by atoms with van der Waals surface area (Å²) in [5, 5.41) is 7.54. The highest BCUT2D eigenvalue weighted by atomic mass is 15.3. The molecule has 5 aromatic rings. The van der Waals surface area contributed by atoms with Gasteiger partial charge in [0.1, 0.15) is 17.4 Å². The van der Waals surface area contributed by atoms with Crippen LogP contribution in [0.15, 0.2) is 43.1 Å². The number of pyridine rings is 2. The Balaban J connectivity index is 1.44. The average molecular weight is 412 g/mol. The normalized spacial score (nSPS) is 15.2. The molecule has 0 aromatic carbocycles. The van der Waals surface area contributed by atoms with Crippen molar-refractivity contribution >= 4 is 27.9 Å². The van der Waals surface area contributed by atoms with Gasteiger partial charge >= 0.3 is 0 Å². The van der Waals surface area contributed by atoms with E-state index in [4.69, 9.17) is 9.97 Å². The molecule has 154 valence electrons. The Morgan fingerprint density at radius 2 is 1.77 bits per heavy atom. The molecule has 2 N–H and O–H groups in total. The summed E-state index contributed by atoms with van der Waals surface area (Å²) in [6.45, 7) is 3.99. The highest BCUT2D eigenvalue weighted by Crippen LogP contribution is 2.30. The molecule has 6 heterocycles. The van der Waals surface area contributed by atoms with Gasteiger partial charge in [0.15, 0.2) is 17.2 Å². The first-order valence-corrected chi connectivity index (χ1v) is 10.2. The van der Waals surface area contributed by atoms with Gasteiger partial charge in [-0.05, 0) is 25.2 Å². The van der Waals surface area contributed by atoms with Crippen LogP contribution in [0, 0.1) is 0 Å². The zero-order chi connectivity index (χ0) is 20.8. The van der Waals surface area contributed by atoms with Crippen LogP contribution >= 0.6 is 0 Å². The second kappa shape index (κ2) is 7.10. The largest absolute Gasteiger partial charge is 0.367 e. The van der Waals surface area contributed by atoms with Gasteiger partial charge in [0.05, 0.1) is 16.9 Å². The molecule has 1 fully saturated rings. The number of likely N-dealkylation sites (N-methyl/N-ethyl adjacent to an activating group) is 1. The van der Waals surface area contributed by atoms with Gasteiger partial charge in [0.2, 0.25) is 0 Å². The van der Waals surface area contributed by atoms with Crippen LogP contribution in [0.2, 0.25) is 0 Å². The summed E-state index contributed by atoms with van der Waals surface area (Å²) in [5.74, 6) is 0.643. The van der Waals surface area contributed by atoms with E-state index in [-0.39, 0.29) is 0 Å². The van der Waals surface area contributed by atoms with E-state index in [0.29, 0.717) is 11.5 Å². The molecule has 31 heavy (non-hydrogen) atoms. The molecule has 10 nitrogen and oxygen atoms in total. The highest BCUT2D eigenvalue weighted by Gasteiger charge is 2.21. The Morgan fingerprint density at radius 3 is 2.61 bits per heavy atom. The summed E-state index contributed by atoms with van der Waals surface area (Å²) in [5.41, 5.74) is 6.56. The quantitative estimate of drug-likeness (QED) is 0.463. The van der Waals surface area contributed by atoms with Gasteiger partial charge in [-0.2, -0.15) is 5.10 Å². The van der Waals surface area contributed by atoms with E-state index in [1.54, 1.807) is 12.4 Å². The predicted octanol–water partition coefficient (Wildman–Crippen LogP) is 2.10. The van der Waals surface area contributed by atoms with Crippen LogP contribution in [0.4, 0.5) is 5.69 Å². The molecular formula is C21H20N10. The number of aromatic nitrogens is 8. The van der Waals surface area contributed by atoms with Crippen molar-refractivity contribution in [1.82, 2.24) is 45.0 Å². The molecule has 10 heteroatoms. The second-order valence-electron chi connectivity index (χ2n) is 7.70. The number of hydrogen-bond donors (Lipinski definition) is 2. The van der Waals surface area contributed by atoms with E-state index >= 15 is 0 Å². The number of nitrogens with zero attached hydrogens (tertiary/aromatic N) is 8. The van der Waals surface area contributed by atoms with Crippen LogP contribution in [-0.2, 0) is 0 Å². The van der Waals surface area contributed by atoms with Crippen LogP contribution in [0.1, 0.15) is 0 Å². The fourth-order valence-corrected chi connectivity index (χ4v) is 3.97. The third kappa shape index (κ3) is 3.08. The minimum atomic E-state index is 0.643. The van der Waals surface area contributed by atoms with Crippen LogP contribution in [-0.4, -0.2) is 78.2 Å². The SMILES string of the molecule is CN1CCN(c2ccnc3[nH]c(-c4n[nH]c5ccc(-c6cncnc6)nc45)nc23)CC1. The molecule has 1 aliphatic rings.